The summed E-state index contributed by atoms with van der Waals surface area (Å²) < 4.78 is 9.77. The van der Waals surface area contributed by atoms with Gasteiger partial charge >= 0.3 is 11.9 Å². The van der Waals surface area contributed by atoms with Gasteiger partial charge in [0, 0.05) is 4.88 Å². The molecular formula is C24H24N2O5S. The molecule has 7 nitrogen and oxygen atoms in total. The van der Waals surface area contributed by atoms with Crippen molar-refractivity contribution >= 4 is 40.3 Å². The zero-order valence-electron chi connectivity index (χ0n) is 18.4. The molecule has 1 N–H and O–H groups in total. The number of benzene rings is 1. The van der Waals surface area contributed by atoms with E-state index in [4.69, 9.17) is 9.47 Å². The van der Waals surface area contributed by atoms with Gasteiger partial charge in [0.1, 0.15) is 16.6 Å². The number of nitriles is 1. The number of amides is 1. The number of aryl methyl sites for hydroxylation is 1. The molecule has 1 amide bonds. The molecule has 1 aliphatic rings. The van der Waals surface area contributed by atoms with Crippen molar-refractivity contribution in [3.05, 3.63) is 57.0 Å². The number of hydrogen-bond donors (Lipinski definition) is 1. The Kier molecular flexibility index (Phi) is 7.11. The highest BCUT2D eigenvalue weighted by atomic mass is 32.1. The molecule has 32 heavy (non-hydrogen) atoms. The van der Waals surface area contributed by atoms with Crippen LogP contribution < -0.4 is 5.32 Å². The largest absolute Gasteiger partial charge is 0.469 e. The molecular weight excluding hydrogens is 428 g/mol. The molecule has 1 heterocycles. The van der Waals surface area contributed by atoms with Crippen LogP contribution >= 0.6 is 11.3 Å². The average molecular weight is 453 g/mol. The third-order valence-corrected chi connectivity index (χ3v) is 6.59. The van der Waals surface area contributed by atoms with Crippen LogP contribution in [0.5, 0.6) is 0 Å². The normalized spacial score (nSPS) is 15.1. The number of esters is 2. The minimum absolute atomic E-state index is 0.101. The Bertz CT molecular complexity index is 1120. The second-order valence-electron chi connectivity index (χ2n) is 7.69. The number of carbonyl (C=O) groups excluding carboxylic acids is 3. The highest BCUT2D eigenvalue weighted by Crippen LogP contribution is 2.46. The van der Waals surface area contributed by atoms with Crippen LogP contribution in [-0.4, -0.2) is 32.1 Å². The fraction of sp³-hybridized carbons (Fsp3) is 0.333. The van der Waals surface area contributed by atoms with E-state index in [9.17, 15) is 19.6 Å². The molecule has 0 saturated heterocycles. The minimum Gasteiger partial charge on any atom is -0.469 e. The standard InChI is InChI=1S/C24H24N2O5S/c1-13(2)15-7-5-14(6-8-15)11-16(12-25)21(27)26-22-20(24(29)31-4)19-17(23(28)30-3)9-10-18(19)32-22/h5-8,11,13,17H,9-10H2,1-4H3,(H,26,27)/b16-11+/t17-/m0/s1. The summed E-state index contributed by atoms with van der Waals surface area (Å²) in [4.78, 5) is 38.4. The van der Waals surface area contributed by atoms with Crippen molar-refractivity contribution < 1.29 is 23.9 Å². The van der Waals surface area contributed by atoms with Gasteiger partial charge in [0.05, 0.1) is 25.7 Å². The first-order valence-electron chi connectivity index (χ1n) is 10.2. The fourth-order valence-electron chi connectivity index (χ4n) is 3.70. The van der Waals surface area contributed by atoms with E-state index in [1.807, 2.05) is 30.3 Å². The van der Waals surface area contributed by atoms with Crippen molar-refractivity contribution in [1.29, 1.82) is 5.26 Å². The first-order valence-corrected chi connectivity index (χ1v) is 11.0. The smallest absolute Gasteiger partial charge is 0.341 e. The Morgan fingerprint density at radius 1 is 1.19 bits per heavy atom. The van der Waals surface area contributed by atoms with E-state index in [0.717, 1.165) is 10.4 Å². The topological polar surface area (TPSA) is 105 Å². The lowest BCUT2D eigenvalue weighted by molar-refractivity contribution is -0.142. The second-order valence-corrected chi connectivity index (χ2v) is 8.80. The molecule has 0 saturated carbocycles. The van der Waals surface area contributed by atoms with Gasteiger partial charge in [0.15, 0.2) is 0 Å². The van der Waals surface area contributed by atoms with Crippen LogP contribution in [0, 0.1) is 11.3 Å². The summed E-state index contributed by atoms with van der Waals surface area (Å²) >= 11 is 1.21. The fourth-order valence-corrected chi connectivity index (χ4v) is 4.96. The maximum Gasteiger partial charge on any atom is 0.341 e. The molecule has 0 unspecified atom stereocenters. The monoisotopic (exact) mass is 452 g/mol. The van der Waals surface area contributed by atoms with Crippen molar-refractivity contribution in [1.82, 2.24) is 0 Å². The van der Waals surface area contributed by atoms with Crippen LogP contribution in [0.15, 0.2) is 29.8 Å². The lowest BCUT2D eigenvalue weighted by Gasteiger charge is -2.11. The van der Waals surface area contributed by atoms with E-state index in [1.54, 1.807) is 0 Å². The number of hydrogen-bond acceptors (Lipinski definition) is 7. The van der Waals surface area contributed by atoms with E-state index in [2.05, 4.69) is 19.2 Å². The van der Waals surface area contributed by atoms with Crippen molar-refractivity contribution in [3.8, 4) is 6.07 Å². The summed E-state index contributed by atoms with van der Waals surface area (Å²) in [5.41, 5.74) is 2.45. The van der Waals surface area contributed by atoms with Gasteiger partial charge in [-0.15, -0.1) is 11.3 Å². The predicted molar refractivity (Wildman–Crippen MR) is 121 cm³/mol. The summed E-state index contributed by atoms with van der Waals surface area (Å²) in [5.74, 6) is -1.94. The van der Waals surface area contributed by atoms with Crippen molar-refractivity contribution in [2.24, 2.45) is 0 Å². The first-order chi connectivity index (χ1) is 15.3. The molecule has 0 radical (unpaired) electrons. The van der Waals surface area contributed by atoms with Crippen molar-refractivity contribution in [2.75, 3.05) is 19.5 Å². The number of fused-ring (bicyclic) bond motifs is 1. The summed E-state index contributed by atoms with van der Waals surface area (Å²) in [6, 6.07) is 9.52. The van der Waals surface area contributed by atoms with Crippen molar-refractivity contribution in [3.63, 3.8) is 0 Å². The molecule has 3 rings (SSSR count). The summed E-state index contributed by atoms with van der Waals surface area (Å²) in [6.07, 6.45) is 2.61. The molecule has 1 aromatic heterocycles. The lowest BCUT2D eigenvalue weighted by atomic mass is 9.99. The Labute approximate surface area is 190 Å². The number of carbonyl (C=O) groups is 3. The van der Waals surface area contributed by atoms with Crippen LogP contribution in [0.3, 0.4) is 0 Å². The van der Waals surface area contributed by atoms with Crippen LogP contribution in [0.2, 0.25) is 0 Å². The Morgan fingerprint density at radius 3 is 2.44 bits per heavy atom. The van der Waals surface area contributed by atoms with Gasteiger partial charge in [-0.05, 0) is 41.5 Å². The predicted octanol–water partition coefficient (Wildman–Crippen LogP) is 4.41. The Morgan fingerprint density at radius 2 is 1.88 bits per heavy atom. The number of thiophene rings is 1. The number of ether oxygens (including phenoxy) is 2. The van der Waals surface area contributed by atoms with Crippen LogP contribution in [0.25, 0.3) is 6.08 Å². The summed E-state index contributed by atoms with van der Waals surface area (Å²) in [6.45, 7) is 4.17. The van der Waals surface area contributed by atoms with Gasteiger partial charge in [0.2, 0.25) is 0 Å². The quantitative estimate of drug-likeness (QED) is 0.395. The SMILES string of the molecule is COC(=O)c1c(NC(=O)/C(C#N)=C/c2ccc(C(C)C)cc2)sc2c1[C@@H](C(=O)OC)CC2. The van der Waals surface area contributed by atoms with E-state index < -0.39 is 23.8 Å². The van der Waals surface area contributed by atoms with E-state index in [-0.39, 0.29) is 16.1 Å². The number of rotatable bonds is 6. The van der Waals surface area contributed by atoms with Crippen LogP contribution in [0.1, 0.15) is 64.0 Å². The average Bonchev–Trinajstić information content (AvgIpc) is 3.35. The highest BCUT2D eigenvalue weighted by Gasteiger charge is 2.38. The number of nitrogens with one attached hydrogen (secondary N) is 1. The van der Waals surface area contributed by atoms with Crippen LogP contribution in [0.4, 0.5) is 5.00 Å². The van der Waals surface area contributed by atoms with Gasteiger partial charge < -0.3 is 14.8 Å². The molecule has 2 aromatic rings. The Balaban J connectivity index is 1.92. The summed E-state index contributed by atoms with van der Waals surface area (Å²) in [7, 11) is 2.53. The molecule has 0 aliphatic heterocycles. The molecule has 0 fully saturated rings. The van der Waals surface area contributed by atoms with Gasteiger partial charge in [-0.3, -0.25) is 9.59 Å². The summed E-state index contributed by atoms with van der Waals surface area (Å²) in [5, 5.41) is 12.5. The van der Waals surface area contributed by atoms with Crippen molar-refractivity contribution in [2.45, 2.75) is 38.5 Å². The highest BCUT2D eigenvalue weighted by molar-refractivity contribution is 7.17. The van der Waals surface area contributed by atoms with Crippen LogP contribution in [-0.2, 0) is 25.5 Å². The van der Waals surface area contributed by atoms with E-state index in [0.29, 0.717) is 29.9 Å². The lowest BCUT2D eigenvalue weighted by Crippen LogP contribution is -2.18. The number of anilines is 1. The molecule has 0 bridgehead atoms. The van der Waals surface area contributed by atoms with E-state index in [1.165, 1.54) is 31.6 Å². The number of methoxy groups -OCH3 is 2. The molecule has 1 aliphatic carbocycles. The van der Waals surface area contributed by atoms with E-state index >= 15 is 0 Å². The van der Waals surface area contributed by atoms with Gasteiger partial charge in [0.25, 0.3) is 5.91 Å². The van der Waals surface area contributed by atoms with Gasteiger partial charge in [-0.25, -0.2) is 4.79 Å². The number of nitrogens with zero attached hydrogens (tertiary/aromatic N) is 1. The third-order valence-electron chi connectivity index (χ3n) is 5.41. The Hall–Kier alpha value is -3.44. The molecule has 0 spiro atoms. The maximum atomic E-state index is 12.8. The zero-order valence-corrected chi connectivity index (χ0v) is 19.2. The molecule has 1 atom stereocenters. The first kappa shape index (κ1) is 23.2. The zero-order chi connectivity index (χ0) is 23.4. The van der Waals surface area contributed by atoms with Gasteiger partial charge in [-0.1, -0.05) is 38.1 Å². The maximum absolute atomic E-state index is 12.8. The molecule has 1 aromatic carbocycles. The molecule has 166 valence electrons. The molecule has 8 heteroatoms. The minimum atomic E-state index is -0.652. The third kappa shape index (κ3) is 4.58. The second kappa shape index (κ2) is 9.79. The van der Waals surface area contributed by atoms with Gasteiger partial charge in [-0.2, -0.15) is 5.26 Å².